The summed E-state index contributed by atoms with van der Waals surface area (Å²) in [4.78, 5) is 0. The van der Waals surface area contributed by atoms with Crippen molar-refractivity contribution < 1.29 is 0 Å². The van der Waals surface area contributed by atoms with Gasteiger partial charge >= 0.3 is 0 Å². The monoisotopic (exact) mass is 213 g/mol. The van der Waals surface area contributed by atoms with E-state index in [9.17, 15) is 0 Å². The molecule has 0 aliphatic heterocycles. The second-order valence-corrected chi connectivity index (χ2v) is 5.16. The van der Waals surface area contributed by atoms with Gasteiger partial charge in [0.25, 0.3) is 0 Å². The highest BCUT2D eigenvalue weighted by Crippen LogP contribution is 2.19. The van der Waals surface area contributed by atoms with Crippen LogP contribution in [0.2, 0.25) is 0 Å². The van der Waals surface area contributed by atoms with E-state index in [2.05, 4.69) is 39.9 Å². The zero-order chi connectivity index (χ0) is 11.7. The van der Waals surface area contributed by atoms with Crippen molar-refractivity contribution in [3.05, 3.63) is 0 Å². The predicted molar refractivity (Wildman–Crippen MR) is 70.2 cm³/mol. The molecule has 0 heterocycles. The van der Waals surface area contributed by atoms with E-state index in [-0.39, 0.29) is 0 Å². The largest absolute Gasteiger partial charge is 0.314 e. The Hall–Kier alpha value is -0.0400. The van der Waals surface area contributed by atoms with Crippen LogP contribution in [0.15, 0.2) is 0 Å². The van der Waals surface area contributed by atoms with Gasteiger partial charge in [0.15, 0.2) is 0 Å². The molecule has 1 heteroatoms. The molecule has 0 radical (unpaired) electrons. The van der Waals surface area contributed by atoms with Crippen LogP contribution in [-0.2, 0) is 0 Å². The Balaban J connectivity index is 3.93. The van der Waals surface area contributed by atoms with Crippen molar-refractivity contribution in [3.8, 4) is 0 Å². The molecule has 15 heavy (non-hydrogen) atoms. The summed E-state index contributed by atoms with van der Waals surface area (Å²) < 4.78 is 0. The molecule has 0 bridgehead atoms. The fourth-order valence-corrected chi connectivity index (χ4v) is 1.96. The molecule has 0 spiro atoms. The van der Waals surface area contributed by atoms with Crippen molar-refractivity contribution in [1.29, 1.82) is 0 Å². The Labute approximate surface area is 97.0 Å². The molecule has 0 saturated carbocycles. The number of hydrogen-bond acceptors (Lipinski definition) is 1. The van der Waals surface area contributed by atoms with Gasteiger partial charge in [0, 0.05) is 6.04 Å². The highest BCUT2D eigenvalue weighted by atomic mass is 14.9. The van der Waals surface area contributed by atoms with Crippen molar-refractivity contribution in [2.45, 2.75) is 72.8 Å². The van der Waals surface area contributed by atoms with Crippen molar-refractivity contribution in [1.82, 2.24) is 5.32 Å². The molecule has 2 atom stereocenters. The Kier molecular flexibility index (Phi) is 9.18. The maximum absolute atomic E-state index is 3.71. The normalized spacial score (nSPS) is 15.6. The standard InChI is InChI=1S/C14H31N/c1-6-8-9-10-14(15-11-7-2)13(5)12(3)4/h12-15H,6-11H2,1-5H3. The van der Waals surface area contributed by atoms with Gasteiger partial charge in [-0.05, 0) is 31.2 Å². The first-order valence-corrected chi connectivity index (χ1v) is 6.86. The third kappa shape index (κ3) is 6.94. The second kappa shape index (κ2) is 9.21. The van der Waals surface area contributed by atoms with Crippen LogP contribution >= 0.6 is 0 Å². The molecular weight excluding hydrogens is 182 g/mol. The maximum atomic E-state index is 3.71. The molecule has 0 saturated heterocycles. The molecule has 1 nitrogen and oxygen atoms in total. The molecular formula is C14H31N. The van der Waals surface area contributed by atoms with Crippen molar-refractivity contribution >= 4 is 0 Å². The lowest BCUT2D eigenvalue weighted by Gasteiger charge is -2.28. The molecule has 0 aromatic rings. The average molecular weight is 213 g/mol. The first-order valence-electron chi connectivity index (χ1n) is 6.86. The van der Waals surface area contributed by atoms with E-state index in [1.54, 1.807) is 0 Å². The Morgan fingerprint density at radius 2 is 1.60 bits per heavy atom. The van der Waals surface area contributed by atoms with Gasteiger partial charge < -0.3 is 5.32 Å². The summed E-state index contributed by atoms with van der Waals surface area (Å²) in [7, 11) is 0. The first kappa shape index (κ1) is 15.0. The summed E-state index contributed by atoms with van der Waals surface area (Å²) in [5, 5.41) is 3.71. The van der Waals surface area contributed by atoms with Gasteiger partial charge in [0.1, 0.15) is 0 Å². The summed E-state index contributed by atoms with van der Waals surface area (Å²) in [6.07, 6.45) is 6.70. The Bertz CT molecular complexity index is 131. The summed E-state index contributed by atoms with van der Waals surface area (Å²) in [5.41, 5.74) is 0. The zero-order valence-corrected chi connectivity index (χ0v) is 11.5. The van der Waals surface area contributed by atoms with Crippen LogP contribution in [0, 0.1) is 11.8 Å². The van der Waals surface area contributed by atoms with Gasteiger partial charge in [-0.15, -0.1) is 0 Å². The lowest BCUT2D eigenvalue weighted by Crippen LogP contribution is -2.37. The van der Waals surface area contributed by atoms with Crippen LogP contribution in [0.1, 0.15) is 66.7 Å². The third-order valence-electron chi connectivity index (χ3n) is 3.46. The van der Waals surface area contributed by atoms with Gasteiger partial charge in [-0.1, -0.05) is 53.9 Å². The van der Waals surface area contributed by atoms with E-state index in [4.69, 9.17) is 0 Å². The molecule has 2 unspecified atom stereocenters. The van der Waals surface area contributed by atoms with Crippen LogP contribution in [0.5, 0.6) is 0 Å². The van der Waals surface area contributed by atoms with Crippen LogP contribution in [0.25, 0.3) is 0 Å². The molecule has 0 rings (SSSR count). The van der Waals surface area contributed by atoms with Gasteiger partial charge in [-0.25, -0.2) is 0 Å². The maximum Gasteiger partial charge on any atom is 0.00951 e. The fraction of sp³-hybridized carbons (Fsp3) is 1.00. The summed E-state index contributed by atoms with van der Waals surface area (Å²) in [6, 6.07) is 0.733. The fourth-order valence-electron chi connectivity index (χ4n) is 1.96. The quantitative estimate of drug-likeness (QED) is 0.565. The zero-order valence-electron chi connectivity index (χ0n) is 11.5. The first-order chi connectivity index (χ1) is 7.13. The van der Waals surface area contributed by atoms with E-state index in [0.717, 1.165) is 17.9 Å². The molecule has 92 valence electrons. The molecule has 0 aliphatic carbocycles. The molecule has 0 aromatic carbocycles. The van der Waals surface area contributed by atoms with Gasteiger partial charge in [0.2, 0.25) is 0 Å². The Morgan fingerprint density at radius 3 is 2.07 bits per heavy atom. The molecule has 0 aliphatic rings. The molecule has 0 aromatic heterocycles. The minimum absolute atomic E-state index is 0.733. The molecule has 0 amide bonds. The highest BCUT2D eigenvalue weighted by Gasteiger charge is 2.18. The number of nitrogens with one attached hydrogen (secondary N) is 1. The van der Waals surface area contributed by atoms with Crippen LogP contribution in [0.3, 0.4) is 0 Å². The van der Waals surface area contributed by atoms with Gasteiger partial charge in [0.05, 0.1) is 0 Å². The topological polar surface area (TPSA) is 12.0 Å². The highest BCUT2D eigenvalue weighted by molar-refractivity contribution is 4.75. The number of unbranched alkanes of at least 4 members (excludes halogenated alkanes) is 2. The van der Waals surface area contributed by atoms with E-state index in [0.29, 0.717) is 0 Å². The summed E-state index contributed by atoms with van der Waals surface area (Å²) in [6.45, 7) is 12.8. The smallest absolute Gasteiger partial charge is 0.00951 e. The SMILES string of the molecule is CCCCCC(NCCC)C(C)C(C)C. The second-order valence-electron chi connectivity index (χ2n) is 5.16. The van der Waals surface area contributed by atoms with E-state index in [1.807, 2.05) is 0 Å². The average Bonchev–Trinajstić information content (AvgIpc) is 2.22. The molecule has 0 fully saturated rings. The van der Waals surface area contributed by atoms with Crippen LogP contribution in [-0.4, -0.2) is 12.6 Å². The van der Waals surface area contributed by atoms with E-state index < -0.39 is 0 Å². The molecule has 1 N–H and O–H groups in total. The van der Waals surface area contributed by atoms with Crippen LogP contribution < -0.4 is 5.32 Å². The third-order valence-corrected chi connectivity index (χ3v) is 3.46. The van der Waals surface area contributed by atoms with E-state index >= 15 is 0 Å². The minimum atomic E-state index is 0.733. The Morgan fingerprint density at radius 1 is 0.933 bits per heavy atom. The summed E-state index contributed by atoms with van der Waals surface area (Å²) >= 11 is 0. The number of hydrogen-bond donors (Lipinski definition) is 1. The summed E-state index contributed by atoms with van der Waals surface area (Å²) in [5.74, 6) is 1.59. The van der Waals surface area contributed by atoms with Crippen LogP contribution in [0.4, 0.5) is 0 Å². The minimum Gasteiger partial charge on any atom is -0.314 e. The lowest BCUT2D eigenvalue weighted by atomic mass is 9.87. The van der Waals surface area contributed by atoms with Crippen molar-refractivity contribution in [2.24, 2.45) is 11.8 Å². The van der Waals surface area contributed by atoms with Crippen molar-refractivity contribution in [3.63, 3.8) is 0 Å². The predicted octanol–water partition coefficient (Wildman–Crippen LogP) is 4.23. The lowest BCUT2D eigenvalue weighted by molar-refractivity contribution is 0.280. The van der Waals surface area contributed by atoms with Crippen molar-refractivity contribution in [2.75, 3.05) is 6.54 Å². The number of rotatable bonds is 9. The van der Waals surface area contributed by atoms with Gasteiger partial charge in [-0.2, -0.15) is 0 Å². The van der Waals surface area contributed by atoms with E-state index in [1.165, 1.54) is 38.6 Å². The van der Waals surface area contributed by atoms with Gasteiger partial charge in [-0.3, -0.25) is 0 Å².